The number of rotatable bonds is 2. The zero-order chi connectivity index (χ0) is 11.9. The molecule has 0 spiro atoms. The van der Waals surface area contributed by atoms with E-state index < -0.39 is 4.33 Å². The van der Waals surface area contributed by atoms with Gasteiger partial charge in [0.15, 0.2) is 4.33 Å². The summed E-state index contributed by atoms with van der Waals surface area (Å²) in [7, 11) is 0. The number of fused-ring (bicyclic) bond motifs is 1. The summed E-state index contributed by atoms with van der Waals surface area (Å²) in [5.41, 5.74) is 7.99. The topological polar surface area (TPSA) is 29.3 Å². The third kappa shape index (κ3) is 2.17. The van der Waals surface area contributed by atoms with Crippen LogP contribution in [-0.4, -0.2) is 8.64 Å². The van der Waals surface area contributed by atoms with E-state index in [-0.39, 0.29) is 0 Å². The predicted molar refractivity (Wildman–Crippen MR) is 71.5 cm³/mol. The van der Waals surface area contributed by atoms with E-state index in [0.717, 1.165) is 24.2 Å². The van der Waals surface area contributed by atoms with Crippen molar-refractivity contribution in [2.24, 2.45) is 17.6 Å². The lowest BCUT2D eigenvalue weighted by Gasteiger charge is -2.26. The van der Waals surface area contributed by atoms with Crippen LogP contribution in [0.1, 0.15) is 19.8 Å². The predicted octanol–water partition coefficient (Wildman–Crippen LogP) is 3.43. The highest BCUT2D eigenvalue weighted by molar-refractivity contribution is 7.99. The Balaban J connectivity index is 2.18. The van der Waals surface area contributed by atoms with E-state index >= 15 is 0 Å². The molecule has 0 aromatic carbocycles. The van der Waals surface area contributed by atoms with Gasteiger partial charge in [0, 0.05) is 23.2 Å². The molecule has 0 aromatic heterocycles. The normalized spacial score (nSPS) is 32.8. The maximum atomic E-state index is 6.04. The fraction of sp³-hybridized carbons (Fsp3) is 0.500. The van der Waals surface area contributed by atoms with Crippen LogP contribution in [0, 0.1) is 11.8 Å². The van der Waals surface area contributed by atoms with Gasteiger partial charge in [0.05, 0.1) is 0 Å². The summed E-state index contributed by atoms with van der Waals surface area (Å²) in [4.78, 5) is 0. The fourth-order valence-corrected chi connectivity index (χ4v) is 3.40. The standard InChI is InChI=1S/C12H17ClN2S/c1-8-10-6-4-5-7-11(10)9(2)15(8)16-12(3,13)14/h4-5,10-11H,1-2,6-7,14H2,3H3. The van der Waals surface area contributed by atoms with E-state index in [0.29, 0.717) is 11.8 Å². The first-order valence-corrected chi connectivity index (χ1v) is 6.55. The Morgan fingerprint density at radius 2 is 1.81 bits per heavy atom. The second-order valence-electron chi connectivity index (χ2n) is 4.51. The molecular weight excluding hydrogens is 240 g/mol. The number of halogens is 1. The summed E-state index contributed by atoms with van der Waals surface area (Å²) in [6.45, 7) is 10.1. The van der Waals surface area contributed by atoms with E-state index in [1.165, 1.54) is 11.9 Å². The molecule has 1 aliphatic carbocycles. The molecule has 3 atom stereocenters. The maximum absolute atomic E-state index is 6.04. The summed E-state index contributed by atoms with van der Waals surface area (Å²) < 4.78 is 1.21. The Bertz CT molecular complexity index is 331. The number of hydrogen-bond acceptors (Lipinski definition) is 3. The first-order chi connectivity index (χ1) is 7.40. The van der Waals surface area contributed by atoms with E-state index in [9.17, 15) is 0 Å². The highest BCUT2D eigenvalue weighted by Crippen LogP contribution is 2.50. The van der Waals surface area contributed by atoms with E-state index in [2.05, 4.69) is 25.3 Å². The van der Waals surface area contributed by atoms with Crippen molar-refractivity contribution in [1.29, 1.82) is 0 Å². The molecule has 88 valence electrons. The molecule has 0 amide bonds. The molecule has 2 nitrogen and oxygen atoms in total. The first kappa shape index (κ1) is 12.1. The Hall–Kier alpha value is -0.380. The number of nitrogens with two attached hydrogens (primary N) is 1. The summed E-state index contributed by atoms with van der Waals surface area (Å²) in [5, 5.41) is 0. The van der Waals surface area contributed by atoms with Crippen molar-refractivity contribution in [2.45, 2.75) is 24.1 Å². The number of alkyl halides is 1. The average Bonchev–Trinajstić information content (AvgIpc) is 2.43. The third-order valence-electron chi connectivity index (χ3n) is 3.08. The van der Waals surface area contributed by atoms with Gasteiger partial charge in [0.25, 0.3) is 0 Å². The third-order valence-corrected chi connectivity index (χ3v) is 4.30. The molecule has 4 heteroatoms. The molecule has 2 aliphatic rings. The Morgan fingerprint density at radius 3 is 2.19 bits per heavy atom. The number of allylic oxidation sites excluding steroid dienone is 4. The summed E-state index contributed by atoms with van der Waals surface area (Å²) in [6.07, 6.45) is 6.53. The smallest absolute Gasteiger partial charge is 0.154 e. The zero-order valence-corrected chi connectivity index (χ0v) is 11.0. The van der Waals surface area contributed by atoms with Gasteiger partial charge in [-0.15, -0.1) is 0 Å². The monoisotopic (exact) mass is 256 g/mol. The lowest BCUT2D eigenvalue weighted by atomic mass is 9.83. The molecule has 0 bridgehead atoms. The minimum absolute atomic E-state index is 0.476. The molecule has 2 N–H and O–H groups in total. The van der Waals surface area contributed by atoms with Gasteiger partial charge in [-0.25, -0.2) is 0 Å². The van der Waals surface area contributed by atoms with Crippen molar-refractivity contribution in [3.63, 3.8) is 0 Å². The first-order valence-electron chi connectivity index (χ1n) is 5.40. The molecule has 1 saturated heterocycles. The van der Waals surface area contributed by atoms with E-state index in [4.69, 9.17) is 17.3 Å². The Labute approximate surface area is 106 Å². The summed E-state index contributed by atoms with van der Waals surface area (Å²) in [5.74, 6) is 0.952. The molecular formula is C12H17ClN2S. The van der Waals surface area contributed by atoms with Crippen LogP contribution in [0.3, 0.4) is 0 Å². The minimum Gasteiger partial charge on any atom is -0.303 e. The summed E-state index contributed by atoms with van der Waals surface area (Å²) >= 11 is 7.44. The molecule has 3 unspecified atom stereocenters. The van der Waals surface area contributed by atoms with Crippen LogP contribution in [0.25, 0.3) is 0 Å². The van der Waals surface area contributed by atoms with Crippen LogP contribution in [-0.2, 0) is 0 Å². The van der Waals surface area contributed by atoms with Crippen molar-refractivity contribution in [3.05, 3.63) is 36.7 Å². The molecule has 1 heterocycles. The molecule has 0 radical (unpaired) electrons. The van der Waals surface area contributed by atoms with Gasteiger partial charge in [-0.2, -0.15) is 0 Å². The van der Waals surface area contributed by atoms with Crippen molar-refractivity contribution >= 4 is 23.5 Å². The van der Waals surface area contributed by atoms with E-state index in [1.807, 2.05) is 4.31 Å². The van der Waals surface area contributed by atoms with Crippen LogP contribution >= 0.6 is 23.5 Å². The van der Waals surface area contributed by atoms with Gasteiger partial charge in [-0.3, -0.25) is 4.31 Å². The zero-order valence-electron chi connectivity index (χ0n) is 9.45. The molecule has 16 heavy (non-hydrogen) atoms. The largest absolute Gasteiger partial charge is 0.303 e. The quantitative estimate of drug-likeness (QED) is 0.270. The number of nitrogens with zero attached hydrogens (tertiary/aromatic N) is 1. The summed E-state index contributed by atoms with van der Waals surface area (Å²) in [6, 6.07) is 0. The van der Waals surface area contributed by atoms with Crippen molar-refractivity contribution in [2.75, 3.05) is 0 Å². The fourth-order valence-electron chi connectivity index (χ4n) is 2.33. The van der Waals surface area contributed by atoms with Crippen LogP contribution in [0.4, 0.5) is 0 Å². The Morgan fingerprint density at radius 1 is 1.38 bits per heavy atom. The van der Waals surface area contributed by atoms with Gasteiger partial charge in [0.2, 0.25) is 0 Å². The second kappa shape index (κ2) is 4.13. The van der Waals surface area contributed by atoms with Gasteiger partial charge >= 0.3 is 0 Å². The molecule has 2 rings (SSSR count). The highest BCUT2D eigenvalue weighted by Gasteiger charge is 2.41. The van der Waals surface area contributed by atoms with Gasteiger partial charge in [-0.1, -0.05) is 36.9 Å². The van der Waals surface area contributed by atoms with Crippen molar-refractivity contribution in [1.82, 2.24) is 4.31 Å². The second-order valence-corrected chi connectivity index (χ2v) is 6.92. The average molecular weight is 257 g/mol. The minimum atomic E-state index is -0.813. The Kier molecular flexibility index (Phi) is 3.12. The molecule has 1 fully saturated rings. The van der Waals surface area contributed by atoms with Crippen LogP contribution in [0.2, 0.25) is 0 Å². The molecule has 0 aromatic rings. The van der Waals surface area contributed by atoms with Crippen molar-refractivity contribution in [3.8, 4) is 0 Å². The lowest BCUT2D eigenvalue weighted by Crippen LogP contribution is -2.29. The molecule has 1 aliphatic heterocycles. The van der Waals surface area contributed by atoms with Crippen LogP contribution in [0.15, 0.2) is 36.7 Å². The number of hydrogen-bond donors (Lipinski definition) is 1. The maximum Gasteiger partial charge on any atom is 0.154 e. The van der Waals surface area contributed by atoms with Crippen molar-refractivity contribution < 1.29 is 0 Å². The van der Waals surface area contributed by atoms with E-state index in [1.54, 1.807) is 6.92 Å². The van der Waals surface area contributed by atoms with Crippen LogP contribution < -0.4 is 5.73 Å². The SMILES string of the molecule is C=C1C2CC=CCC2C(=C)N1SC(C)(N)Cl. The molecule has 0 saturated carbocycles. The highest BCUT2D eigenvalue weighted by atomic mass is 35.5. The van der Waals surface area contributed by atoms with Gasteiger partial charge in [-0.05, 0) is 31.7 Å². The van der Waals surface area contributed by atoms with Crippen LogP contribution in [0.5, 0.6) is 0 Å². The van der Waals surface area contributed by atoms with Gasteiger partial charge in [0.1, 0.15) is 0 Å². The lowest BCUT2D eigenvalue weighted by molar-refractivity contribution is 0.466. The van der Waals surface area contributed by atoms with Gasteiger partial charge < -0.3 is 5.73 Å².